The lowest BCUT2D eigenvalue weighted by atomic mass is 10.3. The minimum absolute atomic E-state index is 0.0304. The molecule has 0 aromatic rings. The molecule has 0 heterocycles. The molecule has 0 rings (SSSR count). The van der Waals surface area contributed by atoms with E-state index in [0.29, 0.717) is 12.8 Å². The van der Waals surface area contributed by atoms with Gasteiger partial charge in [0.1, 0.15) is 12.8 Å². The lowest BCUT2D eigenvalue weighted by molar-refractivity contribution is -0.154. The number of rotatable bonds is 9. The van der Waals surface area contributed by atoms with Crippen LogP contribution in [0.15, 0.2) is 0 Å². The summed E-state index contributed by atoms with van der Waals surface area (Å²) in [6.07, 6.45) is -0.585. The number of carbonyl (C=O) groups excluding carboxylic acids is 2. The second-order valence-corrected chi connectivity index (χ2v) is 3.29. The molecule has 0 fully saturated rings. The SMILES string of the molecule is O=C(O)CC(=O)OCCCCOC(=O)CC(=O)O. The summed E-state index contributed by atoms with van der Waals surface area (Å²) in [6, 6.07) is 0. The van der Waals surface area contributed by atoms with Crippen molar-refractivity contribution in [3.63, 3.8) is 0 Å². The van der Waals surface area contributed by atoms with Crippen LogP contribution < -0.4 is 0 Å². The van der Waals surface area contributed by atoms with Gasteiger partial charge in [-0.2, -0.15) is 0 Å². The third kappa shape index (κ3) is 10.4. The molecule has 0 spiro atoms. The zero-order chi connectivity index (χ0) is 14.0. The molecule has 0 saturated carbocycles. The monoisotopic (exact) mass is 262 g/mol. The first-order valence-corrected chi connectivity index (χ1v) is 5.16. The molecule has 0 aliphatic rings. The molecule has 0 saturated heterocycles. The minimum atomic E-state index is -1.26. The number of unbranched alkanes of at least 4 members (excludes halogenated alkanes) is 1. The van der Waals surface area contributed by atoms with E-state index in [1.54, 1.807) is 0 Å². The first kappa shape index (κ1) is 15.9. The maximum atomic E-state index is 10.8. The number of hydrogen-bond acceptors (Lipinski definition) is 6. The molecule has 102 valence electrons. The van der Waals surface area contributed by atoms with Gasteiger partial charge < -0.3 is 19.7 Å². The lowest BCUT2D eigenvalue weighted by Gasteiger charge is -2.04. The standard InChI is InChI=1S/C10H14O8/c11-7(12)5-9(15)17-3-1-2-4-18-10(16)6-8(13)14/h1-6H2,(H,11,12)(H,13,14). The van der Waals surface area contributed by atoms with E-state index in [-0.39, 0.29) is 13.2 Å². The first-order valence-electron chi connectivity index (χ1n) is 5.16. The molecule has 0 atom stereocenters. The summed E-state index contributed by atoms with van der Waals surface area (Å²) < 4.78 is 9.14. The number of carbonyl (C=O) groups is 4. The van der Waals surface area contributed by atoms with Gasteiger partial charge >= 0.3 is 23.9 Å². The molecule has 0 amide bonds. The molecule has 2 N–H and O–H groups in total. The van der Waals surface area contributed by atoms with Crippen LogP contribution in [-0.4, -0.2) is 47.3 Å². The molecule has 18 heavy (non-hydrogen) atoms. The highest BCUT2D eigenvalue weighted by Crippen LogP contribution is 1.95. The van der Waals surface area contributed by atoms with Crippen molar-refractivity contribution < 1.29 is 38.9 Å². The van der Waals surface area contributed by atoms with Crippen molar-refractivity contribution in [3.8, 4) is 0 Å². The fourth-order valence-corrected chi connectivity index (χ4v) is 0.925. The van der Waals surface area contributed by atoms with E-state index in [1.165, 1.54) is 0 Å². The number of esters is 2. The molecule has 0 bridgehead atoms. The van der Waals surface area contributed by atoms with Crippen LogP contribution in [0, 0.1) is 0 Å². The summed E-state index contributed by atoms with van der Waals surface area (Å²) in [6.45, 7) is 0.0607. The van der Waals surface area contributed by atoms with Gasteiger partial charge in [0.2, 0.25) is 0 Å². The zero-order valence-corrected chi connectivity index (χ0v) is 9.59. The van der Waals surface area contributed by atoms with Crippen molar-refractivity contribution >= 4 is 23.9 Å². The van der Waals surface area contributed by atoms with Gasteiger partial charge in [-0.1, -0.05) is 0 Å². The Balaban J connectivity index is 3.41. The van der Waals surface area contributed by atoms with E-state index >= 15 is 0 Å². The van der Waals surface area contributed by atoms with Gasteiger partial charge in [-0.25, -0.2) is 0 Å². The molecule has 0 aromatic carbocycles. The largest absolute Gasteiger partial charge is 0.481 e. The highest BCUT2D eigenvalue weighted by atomic mass is 16.5. The fourth-order valence-electron chi connectivity index (χ4n) is 0.925. The normalized spacial score (nSPS) is 9.56. The molecule has 0 radical (unpaired) electrons. The van der Waals surface area contributed by atoms with Crippen molar-refractivity contribution in [2.45, 2.75) is 25.7 Å². The number of carboxylic acid groups (broad SMARTS) is 2. The third-order valence-electron chi connectivity index (χ3n) is 1.66. The Morgan fingerprint density at radius 2 is 1.06 bits per heavy atom. The Labute approximate surface area is 102 Å². The predicted molar refractivity (Wildman–Crippen MR) is 55.7 cm³/mol. The molecule has 0 unspecified atom stereocenters. The molecular formula is C10H14O8. The average molecular weight is 262 g/mol. The van der Waals surface area contributed by atoms with Crippen LogP contribution >= 0.6 is 0 Å². The van der Waals surface area contributed by atoms with Gasteiger partial charge in [-0.15, -0.1) is 0 Å². The predicted octanol–water partition coefficient (Wildman–Crippen LogP) is -0.198. The third-order valence-corrected chi connectivity index (χ3v) is 1.66. The Morgan fingerprint density at radius 1 is 0.722 bits per heavy atom. The Hall–Kier alpha value is -2.12. The van der Waals surface area contributed by atoms with Crippen molar-refractivity contribution in [2.24, 2.45) is 0 Å². The summed E-state index contributed by atoms with van der Waals surface area (Å²) in [5, 5.41) is 16.5. The van der Waals surface area contributed by atoms with E-state index in [9.17, 15) is 19.2 Å². The molecule has 8 heteroatoms. The first-order chi connectivity index (χ1) is 8.41. The molecular weight excluding hydrogens is 248 g/mol. The van der Waals surface area contributed by atoms with Crippen LogP contribution in [0.5, 0.6) is 0 Å². The summed E-state index contributed by atoms with van der Waals surface area (Å²) in [5.41, 5.74) is 0. The van der Waals surface area contributed by atoms with Crippen LogP contribution in [0.3, 0.4) is 0 Å². The van der Waals surface area contributed by atoms with Crippen LogP contribution in [-0.2, 0) is 28.7 Å². The van der Waals surface area contributed by atoms with Crippen molar-refractivity contribution in [1.29, 1.82) is 0 Å². The van der Waals surface area contributed by atoms with Gasteiger partial charge in [-0.05, 0) is 12.8 Å². The smallest absolute Gasteiger partial charge is 0.317 e. The maximum Gasteiger partial charge on any atom is 0.317 e. The van der Waals surface area contributed by atoms with Crippen LogP contribution in [0.25, 0.3) is 0 Å². The van der Waals surface area contributed by atoms with E-state index in [0.717, 1.165) is 0 Å². The summed E-state index contributed by atoms with van der Waals surface area (Å²) in [7, 11) is 0. The van der Waals surface area contributed by atoms with E-state index in [2.05, 4.69) is 9.47 Å². The average Bonchev–Trinajstić information content (AvgIpc) is 2.20. The second kappa shape index (κ2) is 8.97. The van der Waals surface area contributed by atoms with Gasteiger partial charge in [-0.3, -0.25) is 19.2 Å². The van der Waals surface area contributed by atoms with Gasteiger partial charge in [0, 0.05) is 0 Å². The number of carboxylic acids is 2. The molecule has 8 nitrogen and oxygen atoms in total. The Kier molecular flexibility index (Phi) is 7.91. The van der Waals surface area contributed by atoms with E-state index in [4.69, 9.17) is 10.2 Å². The van der Waals surface area contributed by atoms with Gasteiger partial charge in [0.05, 0.1) is 13.2 Å². The summed E-state index contributed by atoms with van der Waals surface area (Å²) in [5.74, 6) is -4.18. The van der Waals surface area contributed by atoms with Crippen LogP contribution in [0.2, 0.25) is 0 Å². The van der Waals surface area contributed by atoms with Crippen LogP contribution in [0.4, 0.5) is 0 Å². The zero-order valence-electron chi connectivity index (χ0n) is 9.59. The Bertz CT molecular complexity index is 290. The minimum Gasteiger partial charge on any atom is -0.481 e. The lowest BCUT2D eigenvalue weighted by Crippen LogP contribution is -2.13. The second-order valence-electron chi connectivity index (χ2n) is 3.29. The van der Waals surface area contributed by atoms with Crippen LogP contribution in [0.1, 0.15) is 25.7 Å². The molecule has 0 aromatic heterocycles. The topological polar surface area (TPSA) is 127 Å². The summed E-state index contributed by atoms with van der Waals surface area (Å²) in [4.78, 5) is 41.7. The number of hydrogen-bond donors (Lipinski definition) is 2. The quantitative estimate of drug-likeness (QED) is 0.332. The summed E-state index contributed by atoms with van der Waals surface area (Å²) >= 11 is 0. The van der Waals surface area contributed by atoms with Crippen molar-refractivity contribution in [3.05, 3.63) is 0 Å². The number of aliphatic carboxylic acids is 2. The van der Waals surface area contributed by atoms with Crippen molar-refractivity contribution in [2.75, 3.05) is 13.2 Å². The molecule has 0 aliphatic carbocycles. The highest BCUT2D eigenvalue weighted by molar-refractivity contribution is 5.90. The Morgan fingerprint density at radius 3 is 1.33 bits per heavy atom. The fraction of sp³-hybridized carbons (Fsp3) is 0.600. The maximum absolute atomic E-state index is 10.8. The number of ether oxygens (including phenoxy) is 2. The van der Waals surface area contributed by atoms with Crippen molar-refractivity contribution in [1.82, 2.24) is 0 Å². The van der Waals surface area contributed by atoms with Gasteiger partial charge in [0.25, 0.3) is 0 Å². The van der Waals surface area contributed by atoms with E-state index in [1.807, 2.05) is 0 Å². The van der Waals surface area contributed by atoms with Gasteiger partial charge in [0.15, 0.2) is 0 Å². The van der Waals surface area contributed by atoms with E-state index < -0.39 is 36.7 Å². The highest BCUT2D eigenvalue weighted by Gasteiger charge is 2.09. The molecule has 0 aliphatic heterocycles.